The van der Waals surface area contributed by atoms with Gasteiger partial charge in [-0.05, 0) is 49.9 Å². The summed E-state index contributed by atoms with van der Waals surface area (Å²) in [5.74, 6) is 0.252. The second-order valence-corrected chi connectivity index (χ2v) is 7.22. The van der Waals surface area contributed by atoms with Crippen LogP contribution >= 0.6 is 15.9 Å². The van der Waals surface area contributed by atoms with E-state index in [2.05, 4.69) is 15.9 Å². The van der Waals surface area contributed by atoms with E-state index in [9.17, 15) is 8.42 Å². The predicted octanol–water partition coefficient (Wildman–Crippen LogP) is 3.64. The fraction of sp³-hybridized carbons (Fsp3) is 0.538. The Bertz CT molecular complexity index is 466. The minimum absolute atomic E-state index is 0.252. The van der Waals surface area contributed by atoms with E-state index >= 15 is 0 Å². The molecule has 0 radical (unpaired) electrons. The standard InChI is InChI=1S/C13H19BrO2S/c1-11-6-7-13(10-12(11)2)17(15,16)9-5-3-4-8-14/h6-7,10H,3-5,8-9H2,1-2H3. The van der Waals surface area contributed by atoms with E-state index in [4.69, 9.17) is 0 Å². The average Bonchev–Trinajstić information content (AvgIpc) is 2.28. The van der Waals surface area contributed by atoms with Crippen molar-refractivity contribution in [3.05, 3.63) is 29.3 Å². The molecule has 0 amide bonds. The van der Waals surface area contributed by atoms with Crippen molar-refractivity contribution in [1.29, 1.82) is 0 Å². The first-order valence-corrected chi connectivity index (χ1v) is 8.61. The van der Waals surface area contributed by atoms with Gasteiger partial charge in [0.25, 0.3) is 0 Å². The predicted molar refractivity (Wildman–Crippen MR) is 75.6 cm³/mol. The van der Waals surface area contributed by atoms with Gasteiger partial charge >= 0.3 is 0 Å². The molecule has 0 heterocycles. The van der Waals surface area contributed by atoms with Crippen molar-refractivity contribution in [2.24, 2.45) is 0 Å². The third kappa shape index (κ3) is 4.43. The van der Waals surface area contributed by atoms with Crippen LogP contribution in [-0.4, -0.2) is 19.5 Å². The van der Waals surface area contributed by atoms with Gasteiger partial charge < -0.3 is 0 Å². The summed E-state index contributed by atoms with van der Waals surface area (Å²) >= 11 is 3.34. The Morgan fingerprint density at radius 2 is 1.76 bits per heavy atom. The first-order valence-electron chi connectivity index (χ1n) is 5.83. The Labute approximate surface area is 112 Å². The summed E-state index contributed by atoms with van der Waals surface area (Å²) in [7, 11) is -3.10. The van der Waals surface area contributed by atoms with Crippen molar-refractivity contribution < 1.29 is 8.42 Å². The van der Waals surface area contributed by atoms with Gasteiger partial charge in [0.05, 0.1) is 10.6 Å². The van der Waals surface area contributed by atoms with Crippen LogP contribution in [-0.2, 0) is 9.84 Å². The number of hydrogen-bond donors (Lipinski definition) is 0. The summed E-state index contributed by atoms with van der Waals surface area (Å²) in [6.45, 7) is 3.93. The summed E-state index contributed by atoms with van der Waals surface area (Å²) in [6, 6.07) is 5.36. The Kier molecular flexibility index (Phi) is 5.67. The van der Waals surface area contributed by atoms with E-state index in [1.54, 1.807) is 12.1 Å². The van der Waals surface area contributed by atoms with Gasteiger partial charge in [0, 0.05) is 5.33 Å². The van der Waals surface area contributed by atoms with E-state index in [1.807, 2.05) is 19.9 Å². The lowest BCUT2D eigenvalue weighted by Crippen LogP contribution is -2.07. The molecule has 0 aliphatic heterocycles. The van der Waals surface area contributed by atoms with Crippen LogP contribution in [0.25, 0.3) is 0 Å². The molecule has 0 aromatic heterocycles. The molecule has 0 atom stereocenters. The molecule has 0 unspecified atom stereocenters. The topological polar surface area (TPSA) is 34.1 Å². The van der Waals surface area contributed by atoms with Crippen molar-refractivity contribution in [2.75, 3.05) is 11.1 Å². The van der Waals surface area contributed by atoms with Crippen LogP contribution in [0.3, 0.4) is 0 Å². The third-order valence-corrected chi connectivity index (χ3v) is 5.24. The number of benzene rings is 1. The molecule has 0 N–H and O–H groups in total. The SMILES string of the molecule is Cc1ccc(S(=O)(=O)CCCCCBr)cc1C. The molecule has 96 valence electrons. The smallest absolute Gasteiger partial charge is 0.178 e. The maximum absolute atomic E-state index is 12.0. The minimum atomic E-state index is -3.10. The molecule has 17 heavy (non-hydrogen) atoms. The summed E-state index contributed by atoms with van der Waals surface area (Å²) in [5.41, 5.74) is 2.16. The number of rotatable bonds is 6. The normalized spacial score (nSPS) is 11.7. The highest BCUT2D eigenvalue weighted by Gasteiger charge is 2.14. The zero-order valence-corrected chi connectivity index (χ0v) is 12.8. The minimum Gasteiger partial charge on any atom is -0.224 e. The Hall–Kier alpha value is -0.350. The molecule has 0 bridgehead atoms. The summed E-state index contributed by atoms with van der Waals surface area (Å²) < 4.78 is 24.1. The Morgan fingerprint density at radius 3 is 2.35 bits per heavy atom. The van der Waals surface area contributed by atoms with Crippen molar-refractivity contribution in [3.63, 3.8) is 0 Å². The van der Waals surface area contributed by atoms with Crippen molar-refractivity contribution in [2.45, 2.75) is 38.0 Å². The molecular weight excluding hydrogens is 300 g/mol. The number of unbranched alkanes of at least 4 members (excludes halogenated alkanes) is 2. The van der Waals surface area contributed by atoms with Crippen LogP contribution in [0.5, 0.6) is 0 Å². The Balaban J connectivity index is 2.72. The number of sulfone groups is 1. The van der Waals surface area contributed by atoms with Gasteiger partial charge in [0.15, 0.2) is 9.84 Å². The average molecular weight is 319 g/mol. The number of halogens is 1. The van der Waals surface area contributed by atoms with Crippen molar-refractivity contribution in [3.8, 4) is 0 Å². The van der Waals surface area contributed by atoms with Gasteiger partial charge in [-0.15, -0.1) is 0 Å². The molecule has 4 heteroatoms. The van der Waals surface area contributed by atoms with E-state index in [0.717, 1.165) is 35.7 Å². The van der Waals surface area contributed by atoms with Gasteiger partial charge in [-0.2, -0.15) is 0 Å². The molecule has 1 rings (SSSR count). The molecule has 0 spiro atoms. The molecule has 1 aromatic carbocycles. The van der Waals surface area contributed by atoms with E-state index in [0.29, 0.717) is 4.90 Å². The largest absolute Gasteiger partial charge is 0.224 e. The van der Waals surface area contributed by atoms with Crippen LogP contribution in [0.1, 0.15) is 30.4 Å². The lowest BCUT2D eigenvalue weighted by atomic mass is 10.1. The zero-order chi connectivity index (χ0) is 12.9. The Morgan fingerprint density at radius 1 is 1.06 bits per heavy atom. The molecule has 0 aliphatic carbocycles. The molecule has 0 saturated carbocycles. The van der Waals surface area contributed by atoms with Gasteiger partial charge in [-0.25, -0.2) is 8.42 Å². The lowest BCUT2D eigenvalue weighted by molar-refractivity contribution is 0.591. The van der Waals surface area contributed by atoms with E-state index in [1.165, 1.54) is 0 Å². The lowest BCUT2D eigenvalue weighted by Gasteiger charge is -2.06. The molecular formula is C13H19BrO2S. The molecule has 1 aromatic rings. The maximum Gasteiger partial charge on any atom is 0.178 e. The van der Waals surface area contributed by atoms with Crippen LogP contribution in [0.4, 0.5) is 0 Å². The van der Waals surface area contributed by atoms with E-state index in [-0.39, 0.29) is 5.75 Å². The van der Waals surface area contributed by atoms with Gasteiger partial charge in [-0.1, -0.05) is 28.4 Å². The van der Waals surface area contributed by atoms with Crippen LogP contribution < -0.4 is 0 Å². The second-order valence-electron chi connectivity index (χ2n) is 4.31. The number of alkyl halides is 1. The summed E-state index contributed by atoms with van der Waals surface area (Å²) in [5, 5.41) is 0.941. The first kappa shape index (κ1) is 14.7. The summed E-state index contributed by atoms with van der Waals surface area (Å²) in [4.78, 5) is 0.458. The highest BCUT2D eigenvalue weighted by molar-refractivity contribution is 9.09. The van der Waals surface area contributed by atoms with Crippen LogP contribution in [0, 0.1) is 13.8 Å². The number of aryl methyl sites for hydroxylation is 2. The van der Waals surface area contributed by atoms with Crippen molar-refractivity contribution in [1.82, 2.24) is 0 Å². The van der Waals surface area contributed by atoms with Gasteiger partial charge in [0.1, 0.15) is 0 Å². The van der Waals surface area contributed by atoms with Crippen LogP contribution in [0.15, 0.2) is 23.1 Å². The van der Waals surface area contributed by atoms with E-state index < -0.39 is 9.84 Å². The highest BCUT2D eigenvalue weighted by Crippen LogP contribution is 2.17. The summed E-state index contributed by atoms with van der Waals surface area (Å²) in [6.07, 6.45) is 2.72. The molecule has 0 fully saturated rings. The first-order chi connectivity index (χ1) is 7.97. The fourth-order valence-corrected chi connectivity index (χ4v) is 3.44. The van der Waals surface area contributed by atoms with Gasteiger partial charge in [-0.3, -0.25) is 0 Å². The second kappa shape index (κ2) is 6.55. The fourth-order valence-electron chi connectivity index (χ4n) is 1.59. The third-order valence-electron chi connectivity index (χ3n) is 2.88. The molecule has 2 nitrogen and oxygen atoms in total. The highest BCUT2D eigenvalue weighted by atomic mass is 79.9. The van der Waals surface area contributed by atoms with Crippen molar-refractivity contribution >= 4 is 25.8 Å². The zero-order valence-electron chi connectivity index (χ0n) is 10.4. The van der Waals surface area contributed by atoms with Crippen LogP contribution in [0.2, 0.25) is 0 Å². The quantitative estimate of drug-likeness (QED) is 0.592. The molecule has 0 aliphatic rings. The monoisotopic (exact) mass is 318 g/mol. The molecule has 0 saturated heterocycles. The maximum atomic E-state index is 12.0. The van der Waals surface area contributed by atoms with Gasteiger partial charge in [0.2, 0.25) is 0 Å². The number of hydrogen-bond acceptors (Lipinski definition) is 2.